The minimum absolute atomic E-state index is 0.197. The van der Waals surface area contributed by atoms with E-state index in [1.54, 1.807) is 12.4 Å². The van der Waals surface area contributed by atoms with Crippen LogP contribution in [0.4, 0.5) is 0 Å². The number of rotatable bonds is 0. The number of hydrogen-bond donors (Lipinski definition) is 6. The minimum Gasteiger partial charge on any atom is -0.543 e. The Bertz CT molecular complexity index is 353. The fourth-order valence-electron chi connectivity index (χ4n) is 0.139. The van der Waals surface area contributed by atoms with Gasteiger partial charge in [0.2, 0.25) is 0 Å². The molecule has 0 spiro atoms. The molecule has 18 heavy (non-hydrogen) atoms. The van der Waals surface area contributed by atoms with Crippen molar-refractivity contribution in [3.63, 3.8) is 0 Å². The molecule has 98 valence electrons. The maximum atomic E-state index is 8.93. The molecule has 0 aliphatic heterocycles. The number of nitrogens with zero attached hydrogens (tertiary/aromatic N) is 2. The van der Waals surface area contributed by atoms with Gasteiger partial charge in [-0.25, -0.2) is 10.8 Å². The standard InChI is InChI=1S/2C2H4N4.C2H2O4/c2*3-1-6-2(4)5;3-1(4)2(5)6/h2*(H4,4,5,6);(H,3,4)(H,5,6). The smallest absolute Gasteiger partial charge is 0.313 e. The second kappa shape index (κ2) is 13.8. The van der Waals surface area contributed by atoms with Crippen molar-refractivity contribution >= 4 is 23.9 Å². The molecule has 0 bridgehead atoms. The number of nitrogens with two attached hydrogens (primary N) is 4. The molecule has 0 atom stereocenters. The lowest BCUT2D eigenvalue weighted by Gasteiger charge is -1.97. The van der Waals surface area contributed by atoms with Gasteiger partial charge in [0.15, 0.2) is 0 Å². The molecule has 0 amide bonds. The molecular weight excluding hydrogens is 248 g/mol. The van der Waals surface area contributed by atoms with Crippen molar-refractivity contribution in [1.29, 1.82) is 21.3 Å². The predicted octanol–water partition coefficient (Wildman–Crippen LogP) is -7.67. The fourth-order valence-corrected chi connectivity index (χ4v) is 0.139. The predicted molar refractivity (Wildman–Crippen MR) is 48.9 cm³/mol. The van der Waals surface area contributed by atoms with Crippen LogP contribution in [0.2, 0.25) is 0 Å². The summed E-state index contributed by atoms with van der Waals surface area (Å²) in [6, 6.07) is 0. The van der Waals surface area contributed by atoms with Gasteiger partial charge in [-0.2, -0.15) is 10.6 Å². The van der Waals surface area contributed by atoms with Crippen LogP contribution in [0.5, 0.6) is 0 Å². The average Bonchev–Trinajstić information content (AvgIpc) is 2.18. The summed E-state index contributed by atoms with van der Waals surface area (Å²) >= 11 is 0. The van der Waals surface area contributed by atoms with E-state index < -0.39 is 11.9 Å². The molecule has 12 nitrogen and oxygen atoms in total. The molecule has 0 aromatic rings. The third kappa shape index (κ3) is 38.6. The maximum absolute atomic E-state index is 8.93. The lowest BCUT2D eigenvalue weighted by Crippen LogP contribution is -2.85. The maximum Gasteiger partial charge on any atom is 0.313 e. The van der Waals surface area contributed by atoms with Crippen LogP contribution in [-0.2, 0) is 9.59 Å². The Morgan fingerprint density at radius 1 is 0.944 bits per heavy atom. The van der Waals surface area contributed by atoms with Crippen molar-refractivity contribution in [2.75, 3.05) is 0 Å². The minimum atomic E-state index is -2.19. The van der Waals surface area contributed by atoms with Crippen LogP contribution < -0.4 is 32.3 Å². The van der Waals surface area contributed by atoms with Gasteiger partial charge >= 0.3 is 24.3 Å². The van der Waals surface area contributed by atoms with E-state index in [0.29, 0.717) is 0 Å². The SMILES string of the molecule is N#C[NH2+]C(=N)N.N#C[NH2+]C(=N)N.O=C([O-])C(=O)[O-]. The number of quaternary nitrogens is 2. The summed E-state index contributed by atoms with van der Waals surface area (Å²) < 4.78 is 0. The number of carbonyl (C=O) groups excluding carboxylic acids is 2. The monoisotopic (exact) mass is 258 g/mol. The first-order valence-electron chi connectivity index (χ1n) is 3.75. The van der Waals surface area contributed by atoms with E-state index in [9.17, 15) is 0 Å². The largest absolute Gasteiger partial charge is 0.543 e. The Labute approximate surface area is 100 Å². The zero-order chi connectivity index (χ0) is 15.1. The highest BCUT2D eigenvalue weighted by atomic mass is 16.4. The van der Waals surface area contributed by atoms with Crippen molar-refractivity contribution in [3.8, 4) is 12.4 Å². The number of nitriles is 2. The first kappa shape index (κ1) is 20.2. The molecule has 0 fully saturated rings. The van der Waals surface area contributed by atoms with Crippen LogP contribution in [0, 0.1) is 33.7 Å². The summed E-state index contributed by atoms with van der Waals surface area (Å²) in [5.74, 6) is -4.76. The molecule has 0 aliphatic rings. The van der Waals surface area contributed by atoms with E-state index in [2.05, 4.69) is 0 Å². The lowest BCUT2D eigenvalue weighted by molar-refractivity contribution is -0.445. The van der Waals surface area contributed by atoms with E-state index >= 15 is 0 Å². The molecular formula is C6H10N8O4. The summed E-state index contributed by atoms with van der Waals surface area (Å²) in [6.45, 7) is 0. The number of carboxylic acids is 2. The number of carbonyl (C=O) groups is 2. The second-order valence-electron chi connectivity index (χ2n) is 2.03. The highest BCUT2D eigenvalue weighted by Gasteiger charge is 1.82. The van der Waals surface area contributed by atoms with Crippen molar-refractivity contribution < 1.29 is 30.4 Å². The highest BCUT2D eigenvalue weighted by molar-refractivity contribution is 6.25. The Morgan fingerprint density at radius 3 is 1.17 bits per heavy atom. The summed E-state index contributed by atoms with van der Waals surface area (Å²) in [6.07, 6.45) is 3.19. The summed E-state index contributed by atoms with van der Waals surface area (Å²) in [5.41, 5.74) is 9.42. The molecule has 0 aromatic carbocycles. The molecule has 0 heterocycles. The lowest BCUT2D eigenvalue weighted by atomic mass is 10.7. The summed E-state index contributed by atoms with van der Waals surface area (Å²) in [4.78, 5) is 17.9. The van der Waals surface area contributed by atoms with Crippen LogP contribution in [0.15, 0.2) is 0 Å². The molecule has 0 rings (SSSR count). The van der Waals surface area contributed by atoms with Crippen LogP contribution in [0.25, 0.3) is 0 Å². The number of carboxylic acid groups (broad SMARTS) is 2. The topological polar surface area (TPSA) is 261 Å². The Kier molecular flexibility index (Phi) is 15.5. The zero-order valence-electron chi connectivity index (χ0n) is 8.84. The molecule has 0 saturated heterocycles. The highest BCUT2D eigenvalue weighted by Crippen LogP contribution is 1.41. The van der Waals surface area contributed by atoms with Crippen molar-refractivity contribution in [3.05, 3.63) is 0 Å². The van der Waals surface area contributed by atoms with Crippen LogP contribution >= 0.6 is 0 Å². The number of guanidine groups is 2. The van der Waals surface area contributed by atoms with Crippen LogP contribution in [0.3, 0.4) is 0 Å². The Balaban J connectivity index is -0.000000187. The Hall–Kier alpha value is -3.22. The normalized spacial score (nSPS) is 6.78. The number of nitrogens with one attached hydrogen (secondary N) is 2. The molecule has 0 saturated carbocycles. The van der Waals surface area contributed by atoms with Gasteiger partial charge in [-0.1, -0.05) is 0 Å². The fraction of sp³-hybridized carbons (Fsp3) is 0. The van der Waals surface area contributed by atoms with E-state index in [1.165, 1.54) is 0 Å². The van der Waals surface area contributed by atoms with Gasteiger partial charge in [-0.15, -0.1) is 10.5 Å². The number of aliphatic carboxylic acids is 2. The third-order valence-corrected chi connectivity index (χ3v) is 0.607. The molecule has 0 aliphatic carbocycles. The van der Waals surface area contributed by atoms with Gasteiger partial charge in [0.1, 0.15) is 0 Å². The van der Waals surface area contributed by atoms with Gasteiger partial charge in [-0.05, 0) is 0 Å². The molecule has 0 radical (unpaired) electrons. The van der Waals surface area contributed by atoms with E-state index in [4.69, 9.17) is 52.6 Å². The van der Waals surface area contributed by atoms with Crippen molar-refractivity contribution in [2.24, 2.45) is 11.5 Å². The zero-order valence-corrected chi connectivity index (χ0v) is 8.84. The van der Waals surface area contributed by atoms with Crippen LogP contribution in [-0.4, -0.2) is 23.9 Å². The molecule has 10 N–H and O–H groups in total. The van der Waals surface area contributed by atoms with Gasteiger partial charge in [-0.3, -0.25) is 0 Å². The first-order chi connectivity index (χ1) is 8.18. The third-order valence-electron chi connectivity index (χ3n) is 0.607. The average molecular weight is 258 g/mol. The van der Waals surface area contributed by atoms with Gasteiger partial charge < -0.3 is 31.3 Å². The van der Waals surface area contributed by atoms with E-state index in [1.807, 2.05) is 0 Å². The van der Waals surface area contributed by atoms with E-state index in [0.717, 1.165) is 10.6 Å². The first-order valence-corrected chi connectivity index (χ1v) is 3.75. The van der Waals surface area contributed by atoms with E-state index in [-0.39, 0.29) is 11.9 Å². The van der Waals surface area contributed by atoms with Gasteiger partial charge in [0.05, 0.1) is 11.9 Å². The summed E-state index contributed by atoms with van der Waals surface area (Å²) in [5, 5.41) is 48.0. The van der Waals surface area contributed by atoms with Crippen molar-refractivity contribution in [1.82, 2.24) is 0 Å². The second-order valence-corrected chi connectivity index (χ2v) is 2.03. The summed E-state index contributed by atoms with van der Waals surface area (Å²) in [7, 11) is 0. The van der Waals surface area contributed by atoms with Crippen molar-refractivity contribution in [2.45, 2.75) is 0 Å². The van der Waals surface area contributed by atoms with Gasteiger partial charge in [0.25, 0.3) is 0 Å². The quantitative estimate of drug-likeness (QED) is 0.105. The molecule has 0 unspecified atom stereocenters. The molecule has 12 heteroatoms. The number of hydrogen-bond acceptors (Lipinski definition) is 8. The Morgan fingerprint density at radius 2 is 1.17 bits per heavy atom. The molecule has 0 aromatic heterocycles. The van der Waals surface area contributed by atoms with Crippen LogP contribution in [0.1, 0.15) is 0 Å². The van der Waals surface area contributed by atoms with Gasteiger partial charge in [0, 0.05) is 0 Å².